The highest BCUT2D eigenvalue weighted by atomic mass is 35.5. The van der Waals surface area contributed by atoms with Crippen molar-refractivity contribution in [3.63, 3.8) is 0 Å². The van der Waals surface area contributed by atoms with Crippen molar-refractivity contribution < 1.29 is 9.72 Å². The Morgan fingerprint density at radius 1 is 1.58 bits per heavy atom. The van der Waals surface area contributed by atoms with Gasteiger partial charge in [0.1, 0.15) is 0 Å². The maximum atomic E-state index is 12.2. The Labute approximate surface area is 121 Å². The second-order valence-corrected chi connectivity index (χ2v) is 5.34. The Morgan fingerprint density at radius 3 is 2.89 bits per heavy atom. The van der Waals surface area contributed by atoms with Crippen LogP contribution < -0.4 is 5.32 Å². The van der Waals surface area contributed by atoms with Crippen molar-refractivity contribution in [1.29, 1.82) is 0 Å². The van der Waals surface area contributed by atoms with Crippen LogP contribution in [0.3, 0.4) is 0 Å². The minimum Gasteiger partial charge on any atom is -0.336 e. The van der Waals surface area contributed by atoms with Gasteiger partial charge in [-0.1, -0.05) is 11.3 Å². The van der Waals surface area contributed by atoms with Crippen molar-refractivity contribution in [3.05, 3.63) is 27.1 Å². The van der Waals surface area contributed by atoms with E-state index in [2.05, 4.69) is 5.32 Å². The maximum Gasteiger partial charge on any atom is 0.324 e. The summed E-state index contributed by atoms with van der Waals surface area (Å²) in [4.78, 5) is 24.5. The number of likely N-dealkylation sites (tertiary alicyclic amines) is 1. The molecule has 1 atom stereocenters. The molecule has 8 heteroatoms. The normalized spacial score (nSPS) is 18.8. The second kappa shape index (κ2) is 6.83. The fourth-order valence-electron chi connectivity index (χ4n) is 2.09. The quantitative estimate of drug-likeness (QED) is 0.683. The van der Waals surface area contributed by atoms with Gasteiger partial charge in [-0.05, 0) is 26.0 Å². The number of halogens is 1. The van der Waals surface area contributed by atoms with Crippen LogP contribution in [0.15, 0.2) is 12.1 Å². The summed E-state index contributed by atoms with van der Waals surface area (Å²) in [5, 5.41) is 13.8. The third-order valence-corrected chi connectivity index (χ3v) is 4.12. The minimum atomic E-state index is -0.464. The Bertz CT molecular complexity index is 466. The summed E-state index contributed by atoms with van der Waals surface area (Å²) in [5.74, 6) is -0.104. The predicted molar refractivity (Wildman–Crippen MR) is 76.2 cm³/mol. The molecule has 1 fully saturated rings. The summed E-state index contributed by atoms with van der Waals surface area (Å²) < 4.78 is 0. The van der Waals surface area contributed by atoms with Crippen LogP contribution in [0.4, 0.5) is 5.00 Å². The van der Waals surface area contributed by atoms with Crippen molar-refractivity contribution >= 4 is 34.7 Å². The number of piperidine rings is 1. The Balaban J connectivity index is 0.00000180. The summed E-state index contributed by atoms with van der Waals surface area (Å²) in [7, 11) is 1.88. The standard InChI is InChI=1S/C11H15N3O3S.ClH/c1-12-8-3-2-6-13(7-8)11(15)9-4-5-10(18-9)14(16)17;/h4-5,8,12H,2-3,6-7H2,1H3;1H. The first-order valence-electron chi connectivity index (χ1n) is 5.82. The van der Waals surface area contributed by atoms with Crippen molar-refractivity contribution in [2.45, 2.75) is 18.9 Å². The number of thiophene rings is 1. The molecule has 1 aliphatic rings. The van der Waals surface area contributed by atoms with Crippen LogP contribution in [0, 0.1) is 10.1 Å². The molecule has 1 unspecified atom stereocenters. The van der Waals surface area contributed by atoms with E-state index in [0.29, 0.717) is 17.5 Å². The minimum absolute atomic E-state index is 0. The number of hydrogen-bond acceptors (Lipinski definition) is 5. The molecule has 1 N–H and O–H groups in total. The number of likely N-dealkylation sites (N-methyl/N-ethyl adjacent to an activating group) is 1. The first-order chi connectivity index (χ1) is 8.61. The first-order valence-corrected chi connectivity index (χ1v) is 6.64. The van der Waals surface area contributed by atoms with E-state index < -0.39 is 4.92 Å². The van der Waals surface area contributed by atoms with Crippen molar-refractivity contribution in [2.24, 2.45) is 0 Å². The van der Waals surface area contributed by atoms with Gasteiger partial charge in [0.2, 0.25) is 0 Å². The number of nitrogens with zero attached hydrogens (tertiary/aromatic N) is 2. The van der Waals surface area contributed by atoms with Crippen LogP contribution in [0.1, 0.15) is 22.5 Å². The van der Waals surface area contributed by atoms with E-state index in [1.54, 1.807) is 4.90 Å². The summed E-state index contributed by atoms with van der Waals surface area (Å²) >= 11 is 0.941. The van der Waals surface area contributed by atoms with E-state index in [1.807, 2.05) is 7.05 Å². The zero-order chi connectivity index (χ0) is 13.1. The van der Waals surface area contributed by atoms with E-state index in [9.17, 15) is 14.9 Å². The Morgan fingerprint density at radius 2 is 2.32 bits per heavy atom. The maximum absolute atomic E-state index is 12.2. The van der Waals surface area contributed by atoms with Gasteiger partial charge >= 0.3 is 5.00 Å². The summed E-state index contributed by atoms with van der Waals surface area (Å²) in [6.07, 6.45) is 2.02. The molecule has 2 rings (SSSR count). The zero-order valence-electron chi connectivity index (χ0n) is 10.5. The third kappa shape index (κ3) is 3.65. The van der Waals surface area contributed by atoms with Crippen LogP contribution in [-0.4, -0.2) is 41.9 Å². The van der Waals surface area contributed by atoms with Gasteiger partial charge in [-0.3, -0.25) is 14.9 Å². The van der Waals surface area contributed by atoms with Crippen molar-refractivity contribution in [3.8, 4) is 0 Å². The van der Waals surface area contributed by atoms with Gasteiger partial charge in [0.25, 0.3) is 5.91 Å². The van der Waals surface area contributed by atoms with Gasteiger partial charge in [0.15, 0.2) is 0 Å². The number of carbonyl (C=O) groups is 1. The lowest BCUT2D eigenvalue weighted by Gasteiger charge is -2.32. The highest BCUT2D eigenvalue weighted by molar-refractivity contribution is 7.17. The fourth-order valence-corrected chi connectivity index (χ4v) is 2.88. The topological polar surface area (TPSA) is 75.5 Å². The third-order valence-electron chi connectivity index (χ3n) is 3.10. The van der Waals surface area contributed by atoms with E-state index in [0.717, 1.165) is 30.7 Å². The molecule has 1 aromatic heterocycles. The molecule has 0 spiro atoms. The molecule has 1 saturated heterocycles. The molecule has 6 nitrogen and oxygen atoms in total. The average molecular weight is 306 g/mol. The number of carbonyl (C=O) groups excluding carboxylic acids is 1. The first kappa shape index (κ1) is 15.9. The van der Waals surface area contributed by atoms with Gasteiger partial charge in [-0.15, -0.1) is 12.4 Å². The van der Waals surface area contributed by atoms with Crippen LogP contribution in [-0.2, 0) is 0 Å². The second-order valence-electron chi connectivity index (χ2n) is 4.27. The summed E-state index contributed by atoms with van der Waals surface area (Å²) in [6, 6.07) is 3.24. The largest absolute Gasteiger partial charge is 0.336 e. The summed E-state index contributed by atoms with van der Waals surface area (Å²) in [6.45, 7) is 1.39. The predicted octanol–water partition coefficient (Wildman–Crippen LogP) is 1.90. The Kier molecular flexibility index (Phi) is 5.71. The Hall–Kier alpha value is -1.18. The molecule has 2 heterocycles. The molecule has 1 aromatic rings. The number of hydrogen-bond donors (Lipinski definition) is 1. The van der Waals surface area contributed by atoms with Crippen LogP contribution in [0.5, 0.6) is 0 Å². The number of nitro groups is 1. The molecular formula is C11H16ClN3O3S. The number of nitrogens with one attached hydrogen (secondary N) is 1. The lowest BCUT2D eigenvalue weighted by Crippen LogP contribution is -2.46. The van der Waals surface area contributed by atoms with Crippen LogP contribution in [0.2, 0.25) is 0 Å². The molecule has 0 aromatic carbocycles. The molecule has 106 valence electrons. The molecule has 0 radical (unpaired) electrons. The lowest BCUT2D eigenvalue weighted by atomic mass is 10.1. The molecule has 19 heavy (non-hydrogen) atoms. The van der Waals surface area contributed by atoms with E-state index in [4.69, 9.17) is 0 Å². The summed E-state index contributed by atoms with van der Waals surface area (Å²) in [5.41, 5.74) is 0. The average Bonchev–Trinajstić information content (AvgIpc) is 2.87. The fraction of sp³-hybridized carbons (Fsp3) is 0.545. The highest BCUT2D eigenvalue weighted by Crippen LogP contribution is 2.26. The van der Waals surface area contributed by atoms with E-state index in [-0.39, 0.29) is 23.3 Å². The van der Waals surface area contributed by atoms with Gasteiger partial charge in [-0.25, -0.2) is 0 Å². The SMILES string of the molecule is CNC1CCCN(C(=O)c2ccc([N+](=O)[O-])s2)C1.Cl. The van der Waals surface area contributed by atoms with E-state index in [1.165, 1.54) is 12.1 Å². The number of rotatable bonds is 3. The number of amides is 1. The van der Waals surface area contributed by atoms with Gasteiger partial charge in [0.05, 0.1) is 9.80 Å². The lowest BCUT2D eigenvalue weighted by molar-refractivity contribution is -0.380. The molecule has 1 amide bonds. The molecule has 1 aliphatic heterocycles. The van der Waals surface area contributed by atoms with E-state index >= 15 is 0 Å². The van der Waals surface area contributed by atoms with Crippen molar-refractivity contribution in [2.75, 3.05) is 20.1 Å². The molecule has 0 saturated carbocycles. The smallest absolute Gasteiger partial charge is 0.324 e. The van der Waals surface area contributed by atoms with Crippen molar-refractivity contribution in [1.82, 2.24) is 10.2 Å². The van der Waals surface area contributed by atoms with Gasteiger partial charge in [0, 0.05) is 25.2 Å². The molecule has 0 aliphatic carbocycles. The van der Waals surface area contributed by atoms with Gasteiger partial charge in [-0.2, -0.15) is 0 Å². The molecule has 0 bridgehead atoms. The molecular weight excluding hydrogens is 290 g/mol. The monoisotopic (exact) mass is 305 g/mol. The zero-order valence-corrected chi connectivity index (χ0v) is 12.1. The highest BCUT2D eigenvalue weighted by Gasteiger charge is 2.25. The van der Waals surface area contributed by atoms with Gasteiger partial charge < -0.3 is 10.2 Å². The van der Waals surface area contributed by atoms with Crippen LogP contribution in [0.25, 0.3) is 0 Å². The van der Waals surface area contributed by atoms with Crippen LogP contribution >= 0.6 is 23.7 Å².